The van der Waals surface area contributed by atoms with Gasteiger partial charge in [0, 0.05) is 55.1 Å². The first kappa shape index (κ1) is 45.0. The zero-order chi connectivity index (χ0) is 46.7. The van der Waals surface area contributed by atoms with E-state index in [2.05, 4.69) is 72.9 Å². The van der Waals surface area contributed by atoms with Crippen LogP contribution < -0.4 is 24.4 Å². The number of anilines is 2. The quantitative estimate of drug-likeness (QED) is 0.0734. The molecule has 4 fully saturated rings. The maximum absolute atomic E-state index is 14.1. The van der Waals surface area contributed by atoms with Gasteiger partial charge in [-0.25, -0.2) is 9.71 Å². The number of piperidine rings is 1. The zero-order valence-corrected chi connectivity index (χ0v) is 38.9. The van der Waals surface area contributed by atoms with E-state index in [0.717, 1.165) is 69.1 Å². The summed E-state index contributed by atoms with van der Waals surface area (Å²) in [6.45, 7) is 10.4. The minimum atomic E-state index is -4.78. The van der Waals surface area contributed by atoms with Crippen molar-refractivity contribution in [3.8, 4) is 17.2 Å². The second kappa shape index (κ2) is 17.7. The summed E-state index contributed by atoms with van der Waals surface area (Å²) in [5, 5.41) is 26.0. The maximum Gasteiger partial charge on any atom is 0.392 e. The van der Waals surface area contributed by atoms with Gasteiger partial charge in [0.05, 0.1) is 42.7 Å². The molecule has 2 aromatic carbocycles. The number of nitrogens with zero attached hydrogens (tertiary/aromatic N) is 5. The molecule has 2 saturated heterocycles. The smallest absolute Gasteiger partial charge is 0.392 e. The van der Waals surface area contributed by atoms with Gasteiger partial charge in [-0.3, -0.25) is 9.69 Å². The third kappa shape index (κ3) is 9.03. The molecule has 2 atom stereocenters. The minimum Gasteiger partial charge on any atom is -0.489 e. The number of hydrogen-bond acceptors (Lipinski definition) is 14. The second-order valence-corrected chi connectivity index (χ2v) is 21.4. The monoisotopic (exact) mass is 934 g/mol. The Morgan fingerprint density at radius 1 is 1.03 bits per heavy atom. The molecule has 6 heterocycles. The highest BCUT2D eigenvalue weighted by Gasteiger charge is 2.50. The summed E-state index contributed by atoms with van der Waals surface area (Å²) >= 11 is 0. The largest absolute Gasteiger partial charge is 0.489 e. The number of nitrogens with one attached hydrogen (secondary N) is 3. The average molecular weight is 935 g/mol. The van der Waals surface area contributed by atoms with Gasteiger partial charge in [0.2, 0.25) is 0 Å². The molecule has 3 aromatic heterocycles. The number of aromatic amines is 1. The molecule has 0 radical (unpaired) electrons. The number of amides is 1. The van der Waals surface area contributed by atoms with Crippen LogP contribution in [0.1, 0.15) is 106 Å². The predicted molar refractivity (Wildman–Crippen MR) is 251 cm³/mol. The van der Waals surface area contributed by atoms with E-state index < -0.39 is 37.3 Å². The molecule has 1 amide bonds. The molecule has 3 aliphatic heterocycles. The van der Waals surface area contributed by atoms with E-state index in [-0.39, 0.29) is 52.8 Å². The van der Waals surface area contributed by atoms with Crippen molar-refractivity contribution in [1.82, 2.24) is 24.6 Å². The van der Waals surface area contributed by atoms with E-state index in [1.54, 1.807) is 31.3 Å². The van der Waals surface area contributed by atoms with Crippen molar-refractivity contribution in [1.29, 1.82) is 0 Å². The molecule has 17 nitrogen and oxygen atoms in total. The Morgan fingerprint density at radius 3 is 2.57 bits per heavy atom. The number of pyridine rings is 2. The van der Waals surface area contributed by atoms with Crippen molar-refractivity contribution in [3.63, 3.8) is 0 Å². The standard InChI is InChI=1S/C49H58N8O9S/c1-30(2)36-6-4-5-7-37(36)40-29-64-21-20-56(40)34-25-49(26-34)15-18-55(19-16-49)33-8-9-38(41(23-33)66-35-22-32-12-17-50-45(32)51-27-35)47(58)54-67(62,63)43-24-42-44(46(53-43)57(60)61)52-39(28-65-42)31-10-13-48(3,59)14-11-31/h4-9,12,17,22-24,27,30-31,34,39-40,52,59H,10-11,13-16,18-21,25-26,28-29H2,1-3H3,(H,50,51)(H,54,58)/t31?,39-,40+,48?/m1/s1. The fourth-order valence-electron chi connectivity index (χ4n) is 11.1. The second-order valence-electron chi connectivity index (χ2n) is 19.8. The third-order valence-corrected chi connectivity index (χ3v) is 16.2. The molecular weight excluding hydrogens is 877 g/mol. The van der Waals surface area contributed by atoms with Crippen molar-refractivity contribution in [3.05, 3.63) is 99.9 Å². The Bertz CT molecular complexity index is 2790. The van der Waals surface area contributed by atoms with Crippen molar-refractivity contribution in [2.24, 2.45) is 11.3 Å². The number of fused-ring (bicyclic) bond motifs is 2. The number of nitro groups is 1. The number of benzene rings is 2. The van der Waals surface area contributed by atoms with Gasteiger partial charge >= 0.3 is 15.8 Å². The molecule has 0 bridgehead atoms. The fourth-order valence-corrected chi connectivity index (χ4v) is 12.1. The average Bonchev–Trinajstić information content (AvgIpc) is 3.78. The van der Waals surface area contributed by atoms with Gasteiger partial charge in [0.15, 0.2) is 11.4 Å². The Balaban J connectivity index is 0.856. The maximum atomic E-state index is 14.1. The van der Waals surface area contributed by atoms with Crippen LogP contribution in [0.15, 0.2) is 78.1 Å². The number of carbonyl (C=O) groups excluding carboxylic acids is 1. The highest BCUT2D eigenvalue weighted by Crippen LogP contribution is 2.53. The molecule has 2 aliphatic carbocycles. The number of sulfonamides is 1. The van der Waals surface area contributed by atoms with E-state index in [1.165, 1.54) is 23.4 Å². The lowest BCUT2D eigenvalue weighted by molar-refractivity contribution is -0.389. The summed E-state index contributed by atoms with van der Waals surface area (Å²) in [4.78, 5) is 42.0. The van der Waals surface area contributed by atoms with E-state index in [4.69, 9.17) is 14.2 Å². The molecule has 1 spiro atoms. The van der Waals surface area contributed by atoms with Crippen LogP contribution in [0.3, 0.4) is 0 Å². The normalized spacial score (nSPS) is 24.4. The number of hydrogen-bond donors (Lipinski definition) is 4. The lowest BCUT2D eigenvalue weighted by atomic mass is 9.59. The number of H-pyrrole nitrogens is 1. The zero-order valence-electron chi connectivity index (χ0n) is 38.1. The summed E-state index contributed by atoms with van der Waals surface area (Å²) in [7, 11) is -4.78. The molecule has 2 saturated carbocycles. The summed E-state index contributed by atoms with van der Waals surface area (Å²) in [6.07, 6.45) is 10.1. The van der Waals surface area contributed by atoms with Crippen LogP contribution >= 0.6 is 0 Å². The molecule has 10 rings (SSSR count). The summed E-state index contributed by atoms with van der Waals surface area (Å²) in [5.41, 5.74) is 3.61. The van der Waals surface area contributed by atoms with Gasteiger partial charge in [-0.1, -0.05) is 38.1 Å². The van der Waals surface area contributed by atoms with Crippen LogP contribution in [0, 0.1) is 21.4 Å². The summed E-state index contributed by atoms with van der Waals surface area (Å²) in [6, 6.07) is 19.0. The van der Waals surface area contributed by atoms with Gasteiger partial charge in [-0.15, -0.1) is 0 Å². The molecule has 67 heavy (non-hydrogen) atoms. The Labute approximate surface area is 389 Å². The summed E-state index contributed by atoms with van der Waals surface area (Å²) < 4.78 is 48.3. The number of carbonyl (C=O) groups is 1. The van der Waals surface area contributed by atoms with Crippen LogP contribution in [0.5, 0.6) is 17.2 Å². The van der Waals surface area contributed by atoms with E-state index in [0.29, 0.717) is 55.6 Å². The molecular formula is C49H58N8O9S. The van der Waals surface area contributed by atoms with Crippen LogP contribution in [-0.4, -0.2) is 101 Å². The van der Waals surface area contributed by atoms with E-state index >= 15 is 0 Å². The molecule has 0 unspecified atom stereocenters. The minimum absolute atomic E-state index is 0.0297. The molecule has 18 heteroatoms. The van der Waals surface area contributed by atoms with E-state index in [1.807, 2.05) is 6.07 Å². The van der Waals surface area contributed by atoms with Crippen molar-refractivity contribution >= 4 is 44.2 Å². The lowest BCUT2D eigenvalue weighted by Gasteiger charge is -2.57. The topological polar surface area (TPSA) is 214 Å². The van der Waals surface area contributed by atoms with Crippen molar-refractivity contribution in [2.45, 2.75) is 107 Å². The highest BCUT2D eigenvalue weighted by molar-refractivity contribution is 7.90. The first-order valence-electron chi connectivity index (χ1n) is 23.4. The van der Waals surface area contributed by atoms with Crippen LogP contribution in [-0.2, 0) is 14.8 Å². The first-order chi connectivity index (χ1) is 32.1. The summed E-state index contributed by atoms with van der Waals surface area (Å²) in [5.74, 6) is -0.858. The van der Waals surface area contributed by atoms with Crippen LogP contribution in [0.25, 0.3) is 11.0 Å². The number of aliphatic hydroxyl groups is 1. The van der Waals surface area contributed by atoms with Gasteiger partial charge < -0.3 is 44.6 Å². The lowest BCUT2D eigenvalue weighted by Crippen LogP contribution is -2.58. The van der Waals surface area contributed by atoms with Gasteiger partial charge in [-0.05, 0) is 121 Å². The number of aromatic nitrogens is 3. The van der Waals surface area contributed by atoms with Gasteiger partial charge in [-0.2, -0.15) is 8.42 Å². The number of morpholine rings is 1. The Morgan fingerprint density at radius 2 is 1.81 bits per heavy atom. The van der Waals surface area contributed by atoms with Crippen LogP contribution in [0.2, 0.25) is 0 Å². The number of ether oxygens (including phenoxy) is 3. The predicted octanol–water partition coefficient (Wildman–Crippen LogP) is 7.84. The SMILES string of the molecule is CC(C)c1ccccc1[C@@H]1COCCN1C1CC2(CCN(c3ccc(C(=O)NS(=O)(=O)c4cc5c(c([N+](=O)[O-])n4)N[C@@H](C4CCC(C)(O)CC4)CO5)c(Oc4cnc5[nH]ccc5c4)c3)CC2)C1. The Kier molecular flexibility index (Phi) is 11.9. The molecule has 5 aliphatic rings. The van der Waals surface area contributed by atoms with Crippen molar-refractivity contribution < 1.29 is 37.5 Å². The Hall–Kier alpha value is -5.82. The van der Waals surface area contributed by atoms with Crippen LogP contribution in [0.4, 0.5) is 17.2 Å². The molecule has 354 valence electrons. The fraction of sp³-hybridized carbons (Fsp3) is 0.490. The number of rotatable bonds is 11. The third-order valence-electron chi connectivity index (χ3n) is 15.0. The molecule has 5 aromatic rings. The van der Waals surface area contributed by atoms with Crippen molar-refractivity contribution in [2.75, 3.05) is 49.7 Å². The highest BCUT2D eigenvalue weighted by atomic mass is 32.2. The first-order valence-corrected chi connectivity index (χ1v) is 24.9. The molecule has 4 N–H and O–H groups in total. The van der Waals surface area contributed by atoms with E-state index in [9.17, 15) is 28.4 Å². The van der Waals surface area contributed by atoms with Gasteiger partial charge in [0.25, 0.3) is 10.9 Å². The van der Waals surface area contributed by atoms with Gasteiger partial charge in [0.1, 0.15) is 23.8 Å².